The van der Waals surface area contributed by atoms with Crippen molar-refractivity contribution < 1.29 is 14.3 Å². The Morgan fingerprint density at radius 3 is 2.55 bits per heavy atom. The first-order chi connectivity index (χ1) is 14.2. The van der Waals surface area contributed by atoms with E-state index in [9.17, 15) is 9.59 Å². The smallest absolute Gasteiger partial charge is 0.327 e. The summed E-state index contributed by atoms with van der Waals surface area (Å²) in [5.41, 5.74) is 0.514. The number of urea groups is 1. The normalized spacial score (nSPS) is 24.8. The van der Waals surface area contributed by atoms with Crippen LogP contribution in [0.15, 0.2) is 30.3 Å². The first-order valence-corrected chi connectivity index (χ1v) is 11.8. The molecule has 0 saturated carbocycles. The van der Waals surface area contributed by atoms with E-state index in [1.807, 2.05) is 34.9 Å². The summed E-state index contributed by atoms with van der Waals surface area (Å²) in [6.45, 7) is 3.08. The molecule has 1 aromatic carbocycles. The van der Waals surface area contributed by atoms with Crippen molar-refractivity contribution in [3.8, 4) is 0 Å². The molecule has 3 aliphatic heterocycles. The number of carbonyl (C=O) groups excluding carboxylic acids is 2. The highest BCUT2D eigenvalue weighted by Gasteiger charge is 2.57. The summed E-state index contributed by atoms with van der Waals surface area (Å²) in [7, 11) is 1.60. The quantitative estimate of drug-likeness (QED) is 0.638. The zero-order valence-electron chi connectivity index (χ0n) is 17.2. The number of nitrogens with zero attached hydrogens (tertiary/aromatic N) is 3. The summed E-state index contributed by atoms with van der Waals surface area (Å²) in [4.78, 5) is 32.5. The lowest BCUT2D eigenvalue weighted by molar-refractivity contribution is -0.136. The van der Waals surface area contributed by atoms with E-state index in [-0.39, 0.29) is 11.9 Å². The van der Waals surface area contributed by atoms with Gasteiger partial charge in [0.1, 0.15) is 5.54 Å². The highest BCUT2D eigenvalue weighted by Crippen LogP contribution is 2.39. The predicted molar refractivity (Wildman–Crippen MR) is 115 cm³/mol. The molecule has 0 radical (unpaired) electrons. The summed E-state index contributed by atoms with van der Waals surface area (Å²) in [6.07, 6.45) is 3.47. The molecule has 3 amide bonds. The molecule has 1 aromatic rings. The third-order valence-electron chi connectivity index (χ3n) is 6.65. The number of likely N-dealkylation sites (tertiary alicyclic amines) is 1. The van der Waals surface area contributed by atoms with Gasteiger partial charge < -0.3 is 9.64 Å². The molecule has 3 saturated heterocycles. The highest BCUT2D eigenvalue weighted by molar-refractivity contribution is 7.99. The fraction of sp³-hybridized carbons (Fsp3) is 0.636. The maximum absolute atomic E-state index is 13.4. The van der Waals surface area contributed by atoms with Crippen LogP contribution in [-0.2, 0) is 16.0 Å². The predicted octanol–water partition coefficient (Wildman–Crippen LogP) is 2.48. The molecule has 0 bridgehead atoms. The van der Waals surface area contributed by atoms with Crippen LogP contribution in [0.2, 0.25) is 0 Å². The molecule has 158 valence electrons. The fourth-order valence-corrected chi connectivity index (χ4v) is 6.17. The third kappa shape index (κ3) is 4.05. The molecule has 1 unspecified atom stereocenters. The highest BCUT2D eigenvalue weighted by atomic mass is 32.2. The minimum atomic E-state index is -0.679. The number of benzene rings is 1. The van der Waals surface area contributed by atoms with E-state index >= 15 is 0 Å². The Bertz CT molecular complexity index is 715. The Balaban J connectivity index is 1.51. The molecule has 3 heterocycles. The molecule has 1 spiro atoms. The second-order valence-electron chi connectivity index (χ2n) is 8.20. The fourth-order valence-electron chi connectivity index (χ4n) is 4.91. The Kier molecular flexibility index (Phi) is 6.47. The van der Waals surface area contributed by atoms with E-state index in [0.717, 1.165) is 32.4 Å². The maximum Gasteiger partial charge on any atom is 0.327 e. The van der Waals surface area contributed by atoms with E-state index < -0.39 is 5.54 Å². The molecule has 0 N–H and O–H groups in total. The number of imide groups is 1. The number of amides is 3. The van der Waals surface area contributed by atoms with Gasteiger partial charge in [-0.2, -0.15) is 11.8 Å². The molecule has 7 heteroatoms. The average molecular weight is 418 g/mol. The Hall–Kier alpha value is -1.57. The van der Waals surface area contributed by atoms with Crippen molar-refractivity contribution in [2.24, 2.45) is 0 Å². The number of carbonyl (C=O) groups is 2. The van der Waals surface area contributed by atoms with Crippen LogP contribution in [0.25, 0.3) is 0 Å². The van der Waals surface area contributed by atoms with Gasteiger partial charge in [0, 0.05) is 38.5 Å². The van der Waals surface area contributed by atoms with Gasteiger partial charge in [0.2, 0.25) is 0 Å². The van der Waals surface area contributed by atoms with E-state index in [4.69, 9.17) is 4.74 Å². The first-order valence-electron chi connectivity index (χ1n) is 10.6. The Labute approximate surface area is 177 Å². The monoisotopic (exact) mass is 417 g/mol. The first kappa shape index (κ1) is 20.7. The lowest BCUT2D eigenvalue weighted by Crippen LogP contribution is -2.58. The molecule has 29 heavy (non-hydrogen) atoms. The molecule has 6 nitrogen and oxygen atoms in total. The SMILES string of the molecule is COCCN1C(=O)N(CCc2ccccc2)C2(CCN(C3CCSC3)CC2)C1=O. The average Bonchev–Trinajstić information content (AvgIpc) is 3.35. The number of hydrogen-bond acceptors (Lipinski definition) is 5. The van der Waals surface area contributed by atoms with Crippen molar-refractivity contribution in [3.63, 3.8) is 0 Å². The van der Waals surface area contributed by atoms with Crippen molar-refractivity contribution in [3.05, 3.63) is 35.9 Å². The van der Waals surface area contributed by atoms with Gasteiger partial charge in [-0.1, -0.05) is 30.3 Å². The van der Waals surface area contributed by atoms with E-state index in [0.29, 0.717) is 25.7 Å². The minimum absolute atomic E-state index is 0.0203. The Morgan fingerprint density at radius 2 is 1.90 bits per heavy atom. The van der Waals surface area contributed by atoms with Crippen LogP contribution in [0, 0.1) is 0 Å². The van der Waals surface area contributed by atoms with Crippen molar-refractivity contribution >= 4 is 23.7 Å². The van der Waals surface area contributed by atoms with Gasteiger partial charge in [-0.3, -0.25) is 14.6 Å². The summed E-state index contributed by atoms with van der Waals surface area (Å²) in [5.74, 6) is 2.41. The van der Waals surface area contributed by atoms with Gasteiger partial charge in [0.15, 0.2) is 0 Å². The van der Waals surface area contributed by atoms with Crippen LogP contribution in [0.1, 0.15) is 24.8 Å². The lowest BCUT2D eigenvalue weighted by atomic mass is 9.85. The molecule has 1 atom stereocenters. The largest absolute Gasteiger partial charge is 0.383 e. The molecule has 3 aliphatic rings. The van der Waals surface area contributed by atoms with E-state index in [1.165, 1.54) is 28.4 Å². The molecule has 3 fully saturated rings. The standard InChI is InChI=1S/C22H31N3O3S/c1-28-15-14-24-20(26)22(9-12-23(13-10-22)19-8-16-29-17-19)25(21(24)27)11-7-18-5-3-2-4-6-18/h2-6,19H,7-17H2,1H3. The van der Waals surface area contributed by atoms with Crippen LogP contribution < -0.4 is 0 Å². The van der Waals surface area contributed by atoms with Crippen LogP contribution in [0.5, 0.6) is 0 Å². The molecular formula is C22H31N3O3S. The number of methoxy groups -OCH3 is 1. The summed E-state index contributed by atoms with van der Waals surface area (Å²) < 4.78 is 5.15. The molecular weight excluding hydrogens is 386 g/mol. The van der Waals surface area contributed by atoms with Crippen LogP contribution in [-0.4, -0.2) is 89.6 Å². The van der Waals surface area contributed by atoms with Crippen LogP contribution >= 0.6 is 11.8 Å². The number of piperidine rings is 1. The summed E-state index contributed by atoms with van der Waals surface area (Å²) in [6, 6.07) is 10.7. The third-order valence-corrected chi connectivity index (χ3v) is 7.80. The van der Waals surface area contributed by atoms with Gasteiger partial charge in [0.05, 0.1) is 13.2 Å². The molecule has 4 rings (SSSR count). The van der Waals surface area contributed by atoms with Crippen LogP contribution in [0.3, 0.4) is 0 Å². The zero-order chi connectivity index (χ0) is 20.3. The second-order valence-corrected chi connectivity index (χ2v) is 9.35. The topological polar surface area (TPSA) is 53.1 Å². The van der Waals surface area contributed by atoms with Gasteiger partial charge in [-0.05, 0) is 37.0 Å². The minimum Gasteiger partial charge on any atom is -0.383 e. The van der Waals surface area contributed by atoms with Gasteiger partial charge in [-0.15, -0.1) is 0 Å². The van der Waals surface area contributed by atoms with Crippen molar-refractivity contribution in [2.45, 2.75) is 37.3 Å². The summed E-state index contributed by atoms with van der Waals surface area (Å²) >= 11 is 2.02. The second kappa shape index (κ2) is 9.06. The van der Waals surface area contributed by atoms with E-state index in [1.54, 1.807) is 7.11 Å². The number of rotatable bonds is 7. The van der Waals surface area contributed by atoms with Crippen LogP contribution in [0.4, 0.5) is 4.79 Å². The van der Waals surface area contributed by atoms with Crippen molar-refractivity contribution in [2.75, 3.05) is 51.4 Å². The van der Waals surface area contributed by atoms with Crippen molar-refractivity contribution in [1.29, 1.82) is 0 Å². The Morgan fingerprint density at radius 1 is 1.14 bits per heavy atom. The number of thioether (sulfide) groups is 1. The number of ether oxygens (including phenoxy) is 1. The number of hydrogen-bond donors (Lipinski definition) is 0. The van der Waals surface area contributed by atoms with Gasteiger partial charge >= 0.3 is 6.03 Å². The molecule has 0 aliphatic carbocycles. The van der Waals surface area contributed by atoms with E-state index in [2.05, 4.69) is 17.0 Å². The van der Waals surface area contributed by atoms with Gasteiger partial charge in [-0.25, -0.2) is 4.79 Å². The maximum atomic E-state index is 13.4. The summed E-state index contributed by atoms with van der Waals surface area (Å²) in [5, 5.41) is 0. The lowest BCUT2D eigenvalue weighted by Gasteiger charge is -2.44. The van der Waals surface area contributed by atoms with Gasteiger partial charge in [0.25, 0.3) is 5.91 Å². The molecule has 0 aromatic heterocycles. The zero-order valence-corrected chi connectivity index (χ0v) is 18.0. The van der Waals surface area contributed by atoms with Crippen molar-refractivity contribution in [1.82, 2.24) is 14.7 Å².